The van der Waals surface area contributed by atoms with E-state index >= 15 is 0 Å². The van der Waals surface area contributed by atoms with Gasteiger partial charge in [-0.15, -0.1) is 11.8 Å². The van der Waals surface area contributed by atoms with Crippen LogP contribution in [0.15, 0.2) is 35.2 Å². The summed E-state index contributed by atoms with van der Waals surface area (Å²) in [5.74, 6) is 1.69. The maximum atomic E-state index is 6.01. The largest absolute Gasteiger partial charge is 0.378 e. The van der Waals surface area contributed by atoms with E-state index in [2.05, 4.69) is 29.0 Å². The molecule has 0 aliphatic carbocycles. The topological polar surface area (TPSA) is 35.0 Å². The van der Waals surface area contributed by atoms with Crippen molar-refractivity contribution in [2.75, 3.05) is 12.9 Å². The number of thioether (sulfide) groups is 1. The predicted octanol–water partition coefficient (Wildman–Crippen LogP) is 4.06. The summed E-state index contributed by atoms with van der Waals surface area (Å²) >= 11 is 7.81. The molecule has 2 rings (SSSR count). The average Bonchev–Trinajstić information content (AvgIpc) is 2.40. The molecule has 1 aromatic carbocycles. The first-order valence-electron chi connectivity index (χ1n) is 5.98. The maximum Gasteiger partial charge on any atom is 0.161 e. The molecule has 0 atom stereocenters. The Bertz CT molecular complexity index is 546. The summed E-state index contributed by atoms with van der Waals surface area (Å²) in [6, 6.07) is 9.89. The lowest BCUT2D eigenvalue weighted by Crippen LogP contribution is -1.97. The van der Waals surface area contributed by atoms with Gasteiger partial charge in [0.25, 0.3) is 0 Å². The second-order valence-electron chi connectivity index (χ2n) is 3.90. The SMILES string of the molecule is CCSc1ccc(-c2nc(Cl)cc(COC)n2)cc1. The zero-order valence-corrected chi connectivity index (χ0v) is 12.5. The van der Waals surface area contributed by atoms with E-state index in [0.29, 0.717) is 17.6 Å². The van der Waals surface area contributed by atoms with Gasteiger partial charge in [-0.2, -0.15) is 0 Å². The van der Waals surface area contributed by atoms with Gasteiger partial charge in [0.05, 0.1) is 12.3 Å². The minimum Gasteiger partial charge on any atom is -0.378 e. The van der Waals surface area contributed by atoms with Crippen LogP contribution in [-0.4, -0.2) is 22.8 Å². The van der Waals surface area contributed by atoms with Gasteiger partial charge in [0, 0.05) is 17.6 Å². The van der Waals surface area contributed by atoms with E-state index in [0.717, 1.165) is 17.0 Å². The fourth-order valence-corrected chi connectivity index (χ4v) is 2.55. The zero-order valence-electron chi connectivity index (χ0n) is 10.9. The molecule has 0 saturated heterocycles. The van der Waals surface area contributed by atoms with Crippen molar-refractivity contribution in [2.24, 2.45) is 0 Å². The Labute approximate surface area is 122 Å². The Morgan fingerprint density at radius 1 is 1.21 bits per heavy atom. The fourth-order valence-electron chi connectivity index (χ4n) is 1.68. The molecule has 0 unspecified atom stereocenters. The molecule has 2 aromatic rings. The van der Waals surface area contributed by atoms with Crippen molar-refractivity contribution < 1.29 is 4.74 Å². The summed E-state index contributed by atoms with van der Waals surface area (Å²) in [7, 11) is 1.63. The number of benzene rings is 1. The molecule has 3 nitrogen and oxygen atoms in total. The van der Waals surface area contributed by atoms with Gasteiger partial charge in [-0.1, -0.05) is 30.7 Å². The molecule has 0 bridgehead atoms. The molecule has 0 fully saturated rings. The summed E-state index contributed by atoms with van der Waals surface area (Å²) in [5.41, 5.74) is 1.74. The Balaban J connectivity index is 2.29. The van der Waals surface area contributed by atoms with Gasteiger partial charge >= 0.3 is 0 Å². The van der Waals surface area contributed by atoms with Crippen LogP contribution < -0.4 is 0 Å². The average molecular weight is 295 g/mol. The maximum absolute atomic E-state index is 6.01. The van der Waals surface area contributed by atoms with Crippen LogP contribution in [-0.2, 0) is 11.3 Å². The molecule has 0 aliphatic rings. The molecule has 100 valence electrons. The van der Waals surface area contributed by atoms with E-state index in [-0.39, 0.29) is 0 Å². The van der Waals surface area contributed by atoms with E-state index in [9.17, 15) is 0 Å². The van der Waals surface area contributed by atoms with Crippen LogP contribution >= 0.6 is 23.4 Å². The van der Waals surface area contributed by atoms with Crippen molar-refractivity contribution in [3.8, 4) is 11.4 Å². The van der Waals surface area contributed by atoms with Crippen LogP contribution in [0.2, 0.25) is 5.15 Å². The van der Waals surface area contributed by atoms with Crippen molar-refractivity contribution in [1.82, 2.24) is 9.97 Å². The molecule has 0 amide bonds. The molecule has 5 heteroatoms. The van der Waals surface area contributed by atoms with E-state index in [1.807, 2.05) is 12.1 Å². The van der Waals surface area contributed by atoms with E-state index in [4.69, 9.17) is 16.3 Å². The lowest BCUT2D eigenvalue weighted by Gasteiger charge is -2.05. The summed E-state index contributed by atoms with van der Waals surface area (Å²) < 4.78 is 5.07. The third kappa shape index (κ3) is 3.93. The van der Waals surface area contributed by atoms with Crippen molar-refractivity contribution in [1.29, 1.82) is 0 Å². The second kappa shape index (κ2) is 6.89. The first-order chi connectivity index (χ1) is 9.22. The number of rotatable bonds is 5. The van der Waals surface area contributed by atoms with Gasteiger partial charge in [0.1, 0.15) is 5.15 Å². The van der Waals surface area contributed by atoms with Crippen LogP contribution in [0.3, 0.4) is 0 Å². The van der Waals surface area contributed by atoms with Crippen molar-refractivity contribution in [2.45, 2.75) is 18.4 Å². The lowest BCUT2D eigenvalue weighted by molar-refractivity contribution is 0.181. The highest BCUT2D eigenvalue weighted by Crippen LogP contribution is 2.23. The predicted molar refractivity (Wildman–Crippen MR) is 79.6 cm³/mol. The summed E-state index contributed by atoms with van der Waals surface area (Å²) in [6.45, 7) is 2.56. The van der Waals surface area contributed by atoms with E-state index in [1.165, 1.54) is 4.90 Å². The molecular formula is C14H15ClN2OS. The standard InChI is InChI=1S/C14H15ClN2OS/c1-3-19-12-6-4-10(5-7-12)14-16-11(9-18-2)8-13(15)17-14/h4-8H,3,9H2,1-2H3. The summed E-state index contributed by atoms with van der Waals surface area (Å²) in [4.78, 5) is 9.94. The van der Waals surface area contributed by atoms with Gasteiger partial charge in [-0.3, -0.25) is 0 Å². The third-order valence-electron chi connectivity index (χ3n) is 2.46. The van der Waals surface area contributed by atoms with Crippen LogP contribution in [0.4, 0.5) is 0 Å². The first kappa shape index (κ1) is 14.3. The quantitative estimate of drug-likeness (QED) is 0.615. The highest BCUT2D eigenvalue weighted by Gasteiger charge is 2.06. The molecule has 1 aromatic heterocycles. The Kier molecular flexibility index (Phi) is 5.19. The van der Waals surface area contributed by atoms with Crippen LogP contribution in [0, 0.1) is 0 Å². The monoisotopic (exact) mass is 294 g/mol. The summed E-state index contributed by atoms with van der Waals surface area (Å²) in [5, 5.41) is 0.434. The smallest absolute Gasteiger partial charge is 0.161 e. The van der Waals surface area contributed by atoms with Gasteiger partial charge < -0.3 is 4.74 Å². The van der Waals surface area contributed by atoms with Crippen molar-refractivity contribution >= 4 is 23.4 Å². The number of aromatic nitrogens is 2. The van der Waals surface area contributed by atoms with Crippen molar-refractivity contribution in [3.05, 3.63) is 41.2 Å². The lowest BCUT2D eigenvalue weighted by atomic mass is 10.2. The minimum absolute atomic E-state index is 0.430. The number of methoxy groups -OCH3 is 1. The minimum atomic E-state index is 0.430. The Hall–Kier alpha value is -1.10. The molecular weight excluding hydrogens is 280 g/mol. The highest BCUT2D eigenvalue weighted by molar-refractivity contribution is 7.99. The van der Waals surface area contributed by atoms with E-state index in [1.54, 1.807) is 24.9 Å². The van der Waals surface area contributed by atoms with Gasteiger partial charge in [0.2, 0.25) is 0 Å². The van der Waals surface area contributed by atoms with Crippen molar-refractivity contribution in [3.63, 3.8) is 0 Å². The third-order valence-corrected chi connectivity index (χ3v) is 3.55. The molecule has 0 saturated carbocycles. The molecule has 0 spiro atoms. The normalized spacial score (nSPS) is 10.7. The van der Waals surface area contributed by atoms with Crippen LogP contribution in [0.5, 0.6) is 0 Å². The Morgan fingerprint density at radius 3 is 2.58 bits per heavy atom. The highest BCUT2D eigenvalue weighted by atomic mass is 35.5. The number of hydrogen-bond acceptors (Lipinski definition) is 4. The molecule has 19 heavy (non-hydrogen) atoms. The zero-order chi connectivity index (χ0) is 13.7. The number of hydrogen-bond donors (Lipinski definition) is 0. The molecule has 0 radical (unpaired) electrons. The second-order valence-corrected chi connectivity index (χ2v) is 5.62. The van der Waals surface area contributed by atoms with Crippen LogP contribution in [0.1, 0.15) is 12.6 Å². The van der Waals surface area contributed by atoms with Gasteiger partial charge in [-0.05, 0) is 24.0 Å². The van der Waals surface area contributed by atoms with Crippen LogP contribution in [0.25, 0.3) is 11.4 Å². The molecule has 0 aliphatic heterocycles. The number of nitrogens with zero attached hydrogens (tertiary/aromatic N) is 2. The van der Waals surface area contributed by atoms with Gasteiger partial charge in [-0.25, -0.2) is 9.97 Å². The fraction of sp³-hybridized carbons (Fsp3) is 0.286. The molecule has 1 heterocycles. The summed E-state index contributed by atoms with van der Waals surface area (Å²) in [6.07, 6.45) is 0. The Morgan fingerprint density at radius 2 is 1.95 bits per heavy atom. The van der Waals surface area contributed by atoms with Gasteiger partial charge in [0.15, 0.2) is 5.82 Å². The molecule has 0 N–H and O–H groups in total. The number of ether oxygens (including phenoxy) is 1. The number of halogens is 1. The van der Waals surface area contributed by atoms with E-state index < -0.39 is 0 Å². The first-order valence-corrected chi connectivity index (χ1v) is 7.35.